The number of amides is 1. The lowest BCUT2D eigenvalue weighted by Crippen LogP contribution is -2.38. The van der Waals surface area contributed by atoms with E-state index < -0.39 is 0 Å². The SMILES string of the molecule is Cc1cc(-c2noc(C3CCN(C(=O)C4CC4)CC3)n2)ccn1. The molecule has 0 bridgehead atoms. The van der Waals surface area contributed by atoms with Crippen LogP contribution >= 0.6 is 0 Å². The Bertz CT molecular complexity index is 715. The topological polar surface area (TPSA) is 72.1 Å². The first kappa shape index (κ1) is 14.4. The van der Waals surface area contributed by atoms with Gasteiger partial charge in [0.15, 0.2) is 0 Å². The second-order valence-electron chi connectivity index (χ2n) is 6.52. The molecule has 0 aromatic carbocycles. The Morgan fingerprint density at radius 2 is 2.04 bits per heavy atom. The van der Waals surface area contributed by atoms with Gasteiger partial charge >= 0.3 is 0 Å². The molecule has 0 unspecified atom stereocenters. The summed E-state index contributed by atoms with van der Waals surface area (Å²) in [7, 11) is 0. The summed E-state index contributed by atoms with van der Waals surface area (Å²) in [6.45, 7) is 3.54. The molecular weight excluding hydrogens is 292 g/mol. The molecule has 23 heavy (non-hydrogen) atoms. The molecule has 2 aliphatic rings. The van der Waals surface area contributed by atoms with Crippen molar-refractivity contribution >= 4 is 5.91 Å². The van der Waals surface area contributed by atoms with E-state index in [0.717, 1.165) is 50.0 Å². The summed E-state index contributed by atoms with van der Waals surface area (Å²) >= 11 is 0. The van der Waals surface area contributed by atoms with Crippen molar-refractivity contribution < 1.29 is 9.32 Å². The standard InChI is InChI=1S/C17H20N4O2/c1-11-10-14(4-7-18-11)15-19-16(23-20-15)12-5-8-21(9-6-12)17(22)13-2-3-13/h4,7,10,12-13H,2-3,5-6,8-9H2,1H3. The lowest BCUT2D eigenvalue weighted by molar-refractivity contribution is -0.133. The van der Waals surface area contributed by atoms with E-state index in [0.29, 0.717) is 23.5 Å². The molecule has 1 aliphatic heterocycles. The maximum atomic E-state index is 12.1. The van der Waals surface area contributed by atoms with Crippen LogP contribution in [0.25, 0.3) is 11.4 Å². The largest absolute Gasteiger partial charge is 0.342 e. The van der Waals surface area contributed by atoms with E-state index in [9.17, 15) is 4.79 Å². The summed E-state index contributed by atoms with van der Waals surface area (Å²) in [5.41, 5.74) is 1.86. The molecule has 1 saturated heterocycles. The second-order valence-corrected chi connectivity index (χ2v) is 6.52. The van der Waals surface area contributed by atoms with Crippen LogP contribution < -0.4 is 0 Å². The third kappa shape index (κ3) is 2.98. The van der Waals surface area contributed by atoms with Gasteiger partial charge in [0.2, 0.25) is 17.6 Å². The molecule has 1 saturated carbocycles. The molecule has 0 spiro atoms. The van der Waals surface area contributed by atoms with Crippen LogP contribution in [-0.2, 0) is 4.79 Å². The summed E-state index contributed by atoms with van der Waals surface area (Å²) < 4.78 is 5.47. The molecule has 0 atom stereocenters. The van der Waals surface area contributed by atoms with Crippen LogP contribution in [-0.4, -0.2) is 39.0 Å². The van der Waals surface area contributed by atoms with E-state index in [2.05, 4.69) is 15.1 Å². The number of piperidine rings is 1. The first-order valence-electron chi connectivity index (χ1n) is 8.26. The molecular formula is C17H20N4O2. The monoisotopic (exact) mass is 312 g/mol. The first-order chi connectivity index (χ1) is 11.2. The maximum Gasteiger partial charge on any atom is 0.230 e. The average molecular weight is 312 g/mol. The summed E-state index contributed by atoms with van der Waals surface area (Å²) in [4.78, 5) is 22.8. The highest BCUT2D eigenvalue weighted by Gasteiger charge is 2.35. The zero-order valence-corrected chi connectivity index (χ0v) is 13.2. The Balaban J connectivity index is 1.42. The predicted molar refractivity (Wildman–Crippen MR) is 83.5 cm³/mol. The number of hydrogen-bond donors (Lipinski definition) is 0. The number of rotatable bonds is 3. The number of carbonyl (C=O) groups excluding carboxylic acids is 1. The van der Waals surface area contributed by atoms with E-state index >= 15 is 0 Å². The van der Waals surface area contributed by atoms with E-state index in [1.807, 2.05) is 24.0 Å². The van der Waals surface area contributed by atoms with Crippen molar-refractivity contribution in [3.05, 3.63) is 29.9 Å². The van der Waals surface area contributed by atoms with Crippen molar-refractivity contribution in [1.82, 2.24) is 20.0 Å². The number of aryl methyl sites for hydroxylation is 1. The van der Waals surface area contributed by atoms with Crippen molar-refractivity contribution in [2.45, 2.75) is 38.5 Å². The molecule has 1 amide bonds. The summed E-state index contributed by atoms with van der Waals surface area (Å²) in [6, 6.07) is 3.84. The van der Waals surface area contributed by atoms with Crippen molar-refractivity contribution in [1.29, 1.82) is 0 Å². The molecule has 2 aromatic rings. The summed E-state index contributed by atoms with van der Waals surface area (Å²) in [6.07, 6.45) is 5.68. The van der Waals surface area contributed by atoms with Crippen LogP contribution in [0.5, 0.6) is 0 Å². The number of nitrogens with zero attached hydrogens (tertiary/aromatic N) is 4. The normalized spacial score (nSPS) is 19.1. The molecule has 2 aromatic heterocycles. The van der Waals surface area contributed by atoms with Gasteiger partial charge in [-0.25, -0.2) is 0 Å². The van der Waals surface area contributed by atoms with E-state index in [1.54, 1.807) is 6.20 Å². The van der Waals surface area contributed by atoms with Gasteiger partial charge in [-0.3, -0.25) is 9.78 Å². The van der Waals surface area contributed by atoms with Crippen molar-refractivity contribution in [2.75, 3.05) is 13.1 Å². The van der Waals surface area contributed by atoms with Crippen LogP contribution in [0.15, 0.2) is 22.9 Å². The number of pyridine rings is 1. The summed E-state index contributed by atoms with van der Waals surface area (Å²) in [5, 5.41) is 4.10. The molecule has 0 N–H and O–H groups in total. The smallest absolute Gasteiger partial charge is 0.230 e. The van der Waals surface area contributed by atoms with Gasteiger partial charge in [-0.15, -0.1) is 0 Å². The second kappa shape index (κ2) is 5.76. The number of hydrogen-bond acceptors (Lipinski definition) is 5. The molecule has 6 nitrogen and oxygen atoms in total. The van der Waals surface area contributed by atoms with Crippen molar-refractivity contribution in [3.63, 3.8) is 0 Å². The Hall–Kier alpha value is -2.24. The Morgan fingerprint density at radius 1 is 1.26 bits per heavy atom. The van der Waals surface area contributed by atoms with Crippen LogP contribution in [0.2, 0.25) is 0 Å². The average Bonchev–Trinajstić information content (AvgIpc) is 3.31. The van der Waals surface area contributed by atoms with Gasteiger partial charge in [0.05, 0.1) is 0 Å². The minimum absolute atomic E-state index is 0.252. The molecule has 2 fully saturated rings. The lowest BCUT2D eigenvalue weighted by Gasteiger charge is -2.30. The van der Waals surface area contributed by atoms with Crippen molar-refractivity contribution in [2.24, 2.45) is 5.92 Å². The minimum Gasteiger partial charge on any atom is -0.342 e. The zero-order chi connectivity index (χ0) is 15.8. The molecule has 4 rings (SSSR count). The molecule has 6 heteroatoms. The fraction of sp³-hybridized carbons (Fsp3) is 0.529. The van der Waals surface area contributed by atoms with Crippen LogP contribution in [0.3, 0.4) is 0 Å². The molecule has 120 valence electrons. The fourth-order valence-corrected chi connectivity index (χ4v) is 3.14. The van der Waals surface area contributed by atoms with Crippen LogP contribution in [0, 0.1) is 12.8 Å². The van der Waals surface area contributed by atoms with Gasteiger partial charge < -0.3 is 9.42 Å². The van der Waals surface area contributed by atoms with Crippen LogP contribution in [0.1, 0.15) is 43.2 Å². The molecule has 1 aliphatic carbocycles. The highest BCUT2D eigenvalue weighted by atomic mass is 16.5. The minimum atomic E-state index is 0.252. The predicted octanol–water partition coefficient (Wildman–Crippen LogP) is 2.56. The molecule has 3 heterocycles. The molecule has 0 radical (unpaired) electrons. The van der Waals surface area contributed by atoms with Crippen molar-refractivity contribution in [3.8, 4) is 11.4 Å². The van der Waals surface area contributed by atoms with Gasteiger partial charge in [-0.05, 0) is 44.7 Å². The number of aromatic nitrogens is 3. The number of likely N-dealkylation sites (tertiary alicyclic amines) is 1. The highest BCUT2D eigenvalue weighted by Crippen LogP contribution is 2.34. The van der Waals surface area contributed by atoms with Gasteiger partial charge in [-0.2, -0.15) is 4.98 Å². The quantitative estimate of drug-likeness (QED) is 0.871. The lowest BCUT2D eigenvalue weighted by atomic mass is 9.96. The third-order valence-electron chi connectivity index (χ3n) is 4.68. The van der Waals surface area contributed by atoms with E-state index in [-0.39, 0.29) is 5.92 Å². The van der Waals surface area contributed by atoms with Gasteiger partial charge in [-0.1, -0.05) is 5.16 Å². The van der Waals surface area contributed by atoms with Gasteiger partial charge in [0.1, 0.15) is 0 Å². The zero-order valence-electron chi connectivity index (χ0n) is 13.2. The Morgan fingerprint density at radius 3 is 2.74 bits per heavy atom. The number of carbonyl (C=O) groups is 1. The fourth-order valence-electron chi connectivity index (χ4n) is 3.14. The summed E-state index contributed by atoms with van der Waals surface area (Å²) in [5.74, 6) is 2.19. The Labute approximate surface area is 134 Å². The highest BCUT2D eigenvalue weighted by molar-refractivity contribution is 5.81. The van der Waals surface area contributed by atoms with E-state index in [1.165, 1.54) is 0 Å². The Kier molecular flexibility index (Phi) is 3.59. The van der Waals surface area contributed by atoms with E-state index in [4.69, 9.17) is 4.52 Å². The van der Waals surface area contributed by atoms with Gasteiger partial charge in [0, 0.05) is 42.4 Å². The van der Waals surface area contributed by atoms with Crippen LogP contribution in [0.4, 0.5) is 0 Å². The third-order valence-corrected chi connectivity index (χ3v) is 4.68. The van der Waals surface area contributed by atoms with Gasteiger partial charge in [0.25, 0.3) is 0 Å². The first-order valence-corrected chi connectivity index (χ1v) is 8.26. The maximum absolute atomic E-state index is 12.1.